The van der Waals surface area contributed by atoms with Gasteiger partial charge < -0.3 is 21.1 Å². The number of aliphatic carboxylic acids is 1. The van der Waals surface area contributed by atoms with Crippen LogP contribution in [0.3, 0.4) is 0 Å². The van der Waals surface area contributed by atoms with Gasteiger partial charge in [0.05, 0.1) is 12.1 Å². The van der Waals surface area contributed by atoms with Gasteiger partial charge in [-0.15, -0.1) is 0 Å². The minimum Gasteiger partial charge on any atom is -0.480 e. The number of amides is 2. The first-order valence-electron chi connectivity index (χ1n) is 5.95. The zero-order valence-electron chi connectivity index (χ0n) is 11.3. The Morgan fingerprint density at radius 3 is 2.50 bits per heavy atom. The van der Waals surface area contributed by atoms with Crippen molar-refractivity contribution in [2.24, 2.45) is 5.73 Å². The Kier molecular flexibility index (Phi) is 5.08. The lowest BCUT2D eigenvalue weighted by Gasteiger charge is -2.22. The number of likely N-dealkylation sites (N-methyl/N-ethyl adjacent to an activating group) is 1. The highest BCUT2D eigenvalue weighted by Crippen LogP contribution is 2.13. The van der Waals surface area contributed by atoms with E-state index in [2.05, 4.69) is 5.32 Å². The van der Waals surface area contributed by atoms with Gasteiger partial charge in [0.15, 0.2) is 0 Å². The molecule has 0 spiro atoms. The first kappa shape index (κ1) is 15.5. The second-order valence-electron chi connectivity index (χ2n) is 4.28. The number of carboxylic acid groups (broad SMARTS) is 1. The molecule has 0 aliphatic rings. The minimum absolute atomic E-state index is 0.127. The highest BCUT2D eigenvalue weighted by atomic mass is 16.4. The SMILES string of the molecule is CC(C(=O)O)N(C)C(=O)CNc1ccccc1C(N)=O. The quantitative estimate of drug-likeness (QED) is 0.685. The van der Waals surface area contributed by atoms with Crippen molar-refractivity contribution in [3.05, 3.63) is 29.8 Å². The molecule has 7 nitrogen and oxygen atoms in total. The van der Waals surface area contributed by atoms with Gasteiger partial charge in [-0.05, 0) is 19.1 Å². The van der Waals surface area contributed by atoms with Crippen LogP contribution in [0.4, 0.5) is 5.69 Å². The summed E-state index contributed by atoms with van der Waals surface area (Å²) in [4.78, 5) is 34.9. The van der Waals surface area contributed by atoms with Gasteiger partial charge in [0, 0.05) is 12.7 Å². The molecule has 108 valence electrons. The zero-order valence-corrected chi connectivity index (χ0v) is 11.3. The summed E-state index contributed by atoms with van der Waals surface area (Å²) in [5, 5.41) is 11.6. The molecule has 1 unspecified atom stereocenters. The van der Waals surface area contributed by atoms with E-state index in [9.17, 15) is 14.4 Å². The van der Waals surface area contributed by atoms with E-state index >= 15 is 0 Å². The number of anilines is 1. The number of carboxylic acids is 1. The number of nitrogens with zero attached hydrogens (tertiary/aromatic N) is 1. The average molecular weight is 279 g/mol. The molecule has 0 aliphatic heterocycles. The summed E-state index contributed by atoms with van der Waals surface area (Å²) in [5.41, 5.74) is 5.92. The Bertz CT molecular complexity index is 530. The van der Waals surface area contributed by atoms with E-state index in [1.165, 1.54) is 14.0 Å². The van der Waals surface area contributed by atoms with E-state index in [0.29, 0.717) is 5.69 Å². The van der Waals surface area contributed by atoms with E-state index in [4.69, 9.17) is 10.8 Å². The molecule has 0 heterocycles. The molecule has 2 amide bonds. The van der Waals surface area contributed by atoms with Crippen molar-refractivity contribution >= 4 is 23.5 Å². The fourth-order valence-corrected chi connectivity index (χ4v) is 1.53. The van der Waals surface area contributed by atoms with Crippen LogP contribution in [-0.2, 0) is 9.59 Å². The third-order valence-corrected chi connectivity index (χ3v) is 2.95. The molecule has 1 aromatic carbocycles. The van der Waals surface area contributed by atoms with Crippen molar-refractivity contribution in [2.75, 3.05) is 18.9 Å². The number of primary amides is 1. The number of carbonyl (C=O) groups excluding carboxylic acids is 2. The fraction of sp³-hybridized carbons (Fsp3) is 0.308. The van der Waals surface area contributed by atoms with Crippen LogP contribution in [-0.4, -0.2) is 47.4 Å². The molecule has 1 aromatic rings. The number of nitrogens with one attached hydrogen (secondary N) is 1. The lowest BCUT2D eigenvalue weighted by Crippen LogP contribution is -2.42. The Balaban J connectivity index is 2.71. The lowest BCUT2D eigenvalue weighted by molar-refractivity contribution is -0.147. The molecule has 0 radical (unpaired) electrons. The number of nitrogens with two attached hydrogens (primary N) is 1. The molecule has 0 bridgehead atoms. The van der Waals surface area contributed by atoms with E-state index in [0.717, 1.165) is 4.90 Å². The zero-order chi connectivity index (χ0) is 15.3. The summed E-state index contributed by atoms with van der Waals surface area (Å²) in [7, 11) is 1.41. The summed E-state index contributed by atoms with van der Waals surface area (Å²) in [5.74, 6) is -2.09. The van der Waals surface area contributed by atoms with Crippen molar-refractivity contribution in [3.63, 3.8) is 0 Å². The summed E-state index contributed by atoms with van der Waals surface area (Å²) in [6.45, 7) is 1.29. The Morgan fingerprint density at radius 1 is 1.35 bits per heavy atom. The third-order valence-electron chi connectivity index (χ3n) is 2.95. The molecule has 4 N–H and O–H groups in total. The molecule has 20 heavy (non-hydrogen) atoms. The van der Waals surface area contributed by atoms with Crippen molar-refractivity contribution in [2.45, 2.75) is 13.0 Å². The molecular weight excluding hydrogens is 262 g/mol. The van der Waals surface area contributed by atoms with Gasteiger partial charge in [0.2, 0.25) is 5.91 Å². The lowest BCUT2D eigenvalue weighted by atomic mass is 10.1. The second kappa shape index (κ2) is 6.55. The van der Waals surface area contributed by atoms with Gasteiger partial charge in [0.1, 0.15) is 6.04 Å². The van der Waals surface area contributed by atoms with Gasteiger partial charge in [0.25, 0.3) is 5.91 Å². The topological polar surface area (TPSA) is 113 Å². The highest BCUT2D eigenvalue weighted by Gasteiger charge is 2.21. The van der Waals surface area contributed by atoms with E-state index < -0.39 is 23.8 Å². The summed E-state index contributed by atoms with van der Waals surface area (Å²) in [6.07, 6.45) is 0. The molecule has 7 heteroatoms. The number of benzene rings is 1. The average Bonchev–Trinajstić information content (AvgIpc) is 2.43. The van der Waals surface area contributed by atoms with E-state index in [1.54, 1.807) is 24.3 Å². The molecule has 0 saturated carbocycles. The van der Waals surface area contributed by atoms with Gasteiger partial charge in [-0.3, -0.25) is 9.59 Å². The standard InChI is InChI=1S/C13H17N3O4/c1-8(13(19)20)16(2)11(17)7-15-10-6-4-3-5-9(10)12(14)18/h3-6,8,15H,7H2,1-2H3,(H2,14,18)(H,19,20). The largest absolute Gasteiger partial charge is 0.480 e. The maximum atomic E-state index is 11.8. The second-order valence-corrected chi connectivity index (χ2v) is 4.28. The minimum atomic E-state index is -1.08. The van der Waals surface area contributed by atoms with Crippen molar-refractivity contribution in [3.8, 4) is 0 Å². The monoisotopic (exact) mass is 279 g/mol. The van der Waals surface area contributed by atoms with Crippen LogP contribution in [0.1, 0.15) is 17.3 Å². The van der Waals surface area contributed by atoms with Crippen LogP contribution >= 0.6 is 0 Å². The molecule has 0 saturated heterocycles. The van der Waals surface area contributed by atoms with Gasteiger partial charge in [-0.25, -0.2) is 4.79 Å². The number of hydrogen-bond donors (Lipinski definition) is 3. The van der Waals surface area contributed by atoms with Crippen molar-refractivity contribution in [1.82, 2.24) is 4.90 Å². The molecule has 1 rings (SSSR count). The summed E-state index contributed by atoms with van der Waals surface area (Å²) >= 11 is 0. The first-order chi connectivity index (χ1) is 9.34. The summed E-state index contributed by atoms with van der Waals surface area (Å²) in [6, 6.07) is 5.59. The van der Waals surface area contributed by atoms with E-state index in [1.807, 2.05) is 0 Å². The van der Waals surface area contributed by atoms with Crippen LogP contribution in [0.5, 0.6) is 0 Å². The van der Waals surface area contributed by atoms with Crippen LogP contribution in [0, 0.1) is 0 Å². The Labute approximate surface area is 116 Å². The van der Waals surface area contributed by atoms with E-state index in [-0.39, 0.29) is 12.1 Å². The van der Waals surface area contributed by atoms with Gasteiger partial charge in [-0.1, -0.05) is 12.1 Å². The summed E-state index contributed by atoms with van der Waals surface area (Å²) < 4.78 is 0. The Morgan fingerprint density at radius 2 is 1.95 bits per heavy atom. The maximum absolute atomic E-state index is 11.8. The molecular formula is C13H17N3O4. The van der Waals surface area contributed by atoms with Crippen molar-refractivity contribution < 1.29 is 19.5 Å². The number of carbonyl (C=O) groups is 3. The maximum Gasteiger partial charge on any atom is 0.326 e. The Hall–Kier alpha value is -2.57. The highest BCUT2D eigenvalue weighted by molar-refractivity contribution is 5.99. The predicted molar refractivity (Wildman–Crippen MR) is 73.3 cm³/mol. The fourth-order valence-electron chi connectivity index (χ4n) is 1.53. The van der Waals surface area contributed by atoms with Gasteiger partial charge in [-0.2, -0.15) is 0 Å². The molecule has 0 aromatic heterocycles. The first-order valence-corrected chi connectivity index (χ1v) is 5.95. The van der Waals surface area contributed by atoms with Crippen LogP contribution in [0.15, 0.2) is 24.3 Å². The number of hydrogen-bond acceptors (Lipinski definition) is 4. The molecule has 1 atom stereocenters. The smallest absolute Gasteiger partial charge is 0.326 e. The molecule has 0 aliphatic carbocycles. The third kappa shape index (κ3) is 3.71. The van der Waals surface area contributed by atoms with Crippen LogP contribution < -0.4 is 11.1 Å². The number of para-hydroxylation sites is 1. The number of rotatable bonds is 6. The van der Waals surface area contributed by atoms with Crippen LogP contribution in [0.25, 0.3) is 0 Å². The van der Waals surface area contributed by atoms with Crippen LogP contribution in [0.2, 0.25) is 0 Å². The van der Waals surface area contributed by atoms with Crippen molar-refractivity contribution in [1.29, 1.82) is 0 Å². The van der Waals surface area contributed by atoms with Gasteiger partial charge >= 0.3 is 5.97 Å². The molecule has 0 fully saturated rings. The normalized spacial score (nSPS) is 11.5. The predicted octanol–water partition coefficient (Wildman–Crippen LogP) is 0.129.